The third kappa shape index (κ3) is 6.31. The van der Waals surface area contributed by atoms with Crippen molar-refractivity contribution in [1.29, 1.82) is 0 Å². The van der Waals surface area contributed by atoms with Gasteiger partial charge in [0, 0.05) is 43.6 Å². The lowest BCUT2D eigenvalue weighted by molar-refractivity contribution is 0.0121. The summed E-state index contributed by atoms with van der Waals surface area (Å²) in [5.74, 6) is 0.869. The highest BCUT2D eigenvalue weighted by atomic mass is 16.6. The lowest BCUT2D eigenvalue weighted by Crippen LogP contribution is -2.51. The second-order valence-corrected chi connectivity index (χ2v) is 11.3. The van der Waals surface area contributed by atoms with Crippen LogP contribution in [-0.4, -0.2) is 52.3 Å². The Bertz CT molecular complexity index is 1070. The highest BCUT2D eigenvalue weighted by Crippen LogP contribution is 2.37. The smallest absolute Gasteiger partial charge is 0.410 e. The number of carbonyl (C=O) groups is 2. The maximum absolute atomic E-state index is 13.0. The zero-order valence-corrected chi connectivity index (χ0v) is 22.1. The fraction of sp³-hybridized carbons (Fsp3) is 0.517. The van der Waals surface area contributed by atoms with Crippen molar-refractivity contribution >= 4 is 12.2 Å². The molecular formula is C29H38N2O5. The Morgan fingerprint density at radius 2 is 1.67 bits per heavy atom. The zero-order valence-electron chi connectivity index (χ0n) is 22.1. The first-order valence-electron chi connectivity index (χ1n) is 12.8. The van der Waals surface area contributed by atoms with Crippen LogP contribution in [0.3, 0.4) is 0 Å². The predicted molar refractivity (Wildman–Crippen MR) is 138 cm³/mol. The molecule has 7 nitrogen and oxygen atoms in total. The van der Waals surface area contributed by atoms with Crippen molar-refractivity contribution in [2.75, 3.05) is 13.1 Å². The van der Waals surface area contributed by atoms with Crippen LogP contribution < -0.4 is 4.74 Å². The Balaban J connectivity index is 1.38. The Morgan fingerprint density at radius 3 is 2.33 bits per heavy atom. The number of carbonyl (C=O) groups excluding carboxylic acids is 2. The van der Waals surface area contributed by atoms with Crippen LogP contribution in [0.4, 0.5) is 9.59 Å². The van der Waals surface area contributed by atoms with Crippen LogP contribution in [0, 0.1) is 0 Å². The average molecular weight is 495 g/mol. The molecule has 0 atom stereocenters. The molecule has 2 aromatic carbocycles. The number of likely N-dealkylation sites (tertiary alicyclic amines) is 1. The predicted octanol–water partition coefficient (Wildman–Crippen LogP) is 5.94. The van der Waals surface area contributed by atoms with Crippen molar-refractivity contribution in [3.8, 4) is 5.75 Å². The van der Waals surface area contributed by atoms with Crippen LogP contribution in [-0.2, 0) is 29.0 Å². The van der Waals surface area contributed by atoms with Gasteiger partial charge in [0.2, 0.25) is 0 Å². The van der Waals surface area contributed by atoms with Crippen LogP contribution in [0.5, 0.6) is 5.75 Å². The summed E-state index contributed by atoms with van der Waals surface area (Å²) in [6.45, 7) is 11.7. The molecule has 194 valence electrons. The van der Waals surface area contributed by atoms with E-state index in [1.54, 1.807) is 9.80 Å². The summed E-state index contributed by atoms with van der Waals surface area (Å²) in [4.78, 5) is 28.9. The van der Waals surface area contributed by atoms with Crippen LogP contribution in [0.1, 0.15) is 64.2 Å². The minimum Gasteiger partial charge on any atom is -0.490 e. The van der Waals surface area contributed by atoms with Gasteiger partial charge >= 0.3 is 12.2 Å². The summed E-state index contributed by atoms with van der Waals surface area (Å²) in [5, 5.41) is 0. The van der Waals surface area contributed by atoms with E-state index in [-0.39, 0.29) is 24.9 Å². The number of nitrogens with zero attached hydrogens (tertiary/aromatic N) is 2. The lowest BCUT2D eigenvalue weighted by Gasteiger charge is -2.43. The van der Waals surface area contributed by atoms with Gasteiger partial charge in [0.25, 0.3) is 0 Å². The normalized spacial score (nSPS) is 17.8. The molecule has 0 saturated carbocycles. The van der Waals surface area contributed by atoms with E-state index in [1.807, 2.05) is 63.2 Å². The Kier molecular flexibility index (Phi) is 7.48. The quantitative estimate of drug-likeness (QED) is 0.526. The molecule has 2 aliphatic rings. The topological polar surface area (TPSA) is 68.3 Å². The van der Waals surface area contributed by atoms with Crippen LogP contribution >= 0.6 is 0 Å². The molecule has 0 aromatic heterocycles. The summed E-state index contributed by atoms with van der Waals surface area (Å²) in [6, 6.07) is 15.8. The van der Waals surface area contributed by atoms with E-state index in [9.17, 15) is 9.59 Å². The number of amides is 2. The molecule has 1 fully saturated rings. The van der Waals surface area contributed by atoms with Crippen LogP contribution in [0.2, 0.25) is 0 Å². The maximum Gasteiger partial charge on any atom is 0.410 e. The standard InChI is InChI=1S/C29H38N2O5/c1-28(2,3)36-26(32)30-16-14-23(15-17-30)35-25-13-9-12-22-19-31(29(4,5)18-24(22)25)27(33)34-20-21-10-7-6-8-11-21/h6-13,23H,14-20H2,1-5H3. The SMILES string of the molecule is CC(C)(C)OC(=O)N1CCC(Oc2cccc3c2CC(C)(C)N(C(=O)OCc2ccccc2)C3)CC1. The number of ether oxygens (including phenoxy) is 3. The molecule has 2 amide bonds. The maximum atomic E-state index is 13.0. The Morgan fingerprint density at radius 1 is 0.972 bits per heavy atom. The van der Waals surface area contributed by atoms with Crippen molar-refractivity contribution < 1.29 is 23.8 Å². The Labute approximate surface area is 214 Å². The van der Waals surface area contributed by atoms with Gasteiger partial charge in [0.15, 0.2) is 0 Å². The number of hydrogen-bond acceptors (Lipinski definition) is 5. The molecule has 0 radical (unpaired) electrons. The molecule has 0 N–H and O–H groups in total. The van der Waals surface area contributed by atoms with Gasteiger partial charge in [-0.25, -0.2) is 9.59 Å². The van der Waals surface area contributed by atoms with E-state index in [1.165, 1.54) is 0 Å². The monoisotopic (exact) mass is 494 g/mol. The molecule has 2 aromatic rings. The minimum atomic E-state index is -0.498. The van der Waals surface area contributed by atoms with Crippen molar-refractivity contribution in [3.05, 3.63) is 65.2 Å². The van der Waals surface area contributed by atoms with Crippen LogP contribution in [0.15, 0.2) is 48.5 Å². The summed E-state index contributed by atoms with van der Waals surface area (Å²) in [5.41, 5.74) is 2.27. The van der Waals surface area contributed by atoms with E-state index < -0.39 is 11.1 Å². The first-order chi connectivity index (χ1) is 17.0. The zero-order chi connectivity index (χ0) is 25.9. The van der Waals surface area contributed by atoms with Gasteiger partial charge in [-0.05, 0) is 58.2 Å². The molecule has 0 spiro atoms. The second kappa shape index (κ2) is 10.4. The molecule has 2 heterocycles. The molecule has 7 heteroatoms. The molecular weight excluding hydrogens is 456 g/mol. The van der Waals surface area contributed by atoms with Crippen molar-refractivity contribution in [3.63, 3.8) is 0 Å². The molecule has 4 rings (SSSR count). The number of piperidine rings is 1. The van der Waals surface area contributed by atoms with Crippen LogP contribution in [0.25, 0.3) is 0 Å². The van der Waals surface area contributed by atoms with E-state index in [0.717, 1.165) is 35.3 Å². The van der Waals surface area contributed by atoms with Gasteiger partial charge in [0.05, 0.1) is 0 Å². The summed E-state index contributed by atoms with van der Waals surface area (Å²) >= 11 is 0. The second-order valence-electron chi connectivity index (χ2n) is 11.3. The van der Waals surface area contributed by atoms with Gasteiger partial charge in [0.1, 0.15) is 24.1 Å². The molecule has 0 unspecified atom stereocenters. The third-order valence-electron chi connectivity index (χ3n) is 6.71. The van der Waals surface area contributed by atoms with Gasteiger partial charge < -0.3 is 19.1 Å². The number of rotatable bonds is 4. The minimum absolute atomic E-state index is 0.0344. The van der Waals surface area contributed by atoms with Gasteiger partial charge in [-0.1, -0.05) is 42.5 Å². The van der Waals surface area contributed by atoms with Gasteiger partial charge in [-0.3, -0.25) is 4.90 Å². The molecule has 1 saturated heterocycles. The molecule has 2 aliphatic heterocycles. The highest BCUT2D eigenvalue weighted by molar-refractivity contribution is 5.70. The Hall–Kier alpha value is -3.22. The van der Waals surface area contributed by atoms with E-state index in [2.05, 4.69) is 19.9 Å². The highest BCUT2D eigenvalue weighted by Gasteiger charge is 2.38. The van der Waals surface area contributed by atoms with E-state index in [0.29, 0.717) is 26.1 Å². The first kappa shape index (κ1) is 25.9. The van der Waals surface area contributed by atoms with Gasteiger partial charge in [-0.2, -0.15) is 0 Å². The third-order valence-corrected chi connectivity index (χ3v) is 6.71. The fourth-order valence-electron chi connectivity index (χ4n) is 4.75. The largest absolute Gasteiger partial charge is 0.490 e. The lowest BCUT2D eigenvalue weighted by atomic mass is 9.85. The summed E-state index contributed by atoms with van der Waals surface area (Å²) in [6.07, 6.45) is 1.64. The molecule has 36 heavy (non-hydrogen) atoms. The van der Waals surface area contributed by atoms with Crippen molar-refractivity contribution in [2.45, 2.75) is 84.3 Å². The van der Waals surface area contributed by atoms with Gasteiger partial charge in [-0.15, -0.1) is 0 Å². The van der Waals surface area contributed by atoms with E-state index >= 15 is 0 Å². The van der Waals surface area contributed by atoms with Crippen molar-refractivity contribution in [2.24, 2.45) is 0 Å². The first-order valence-corrected chi connectivity index (χ1v) is 12.8. The number of fused-ring (bicyclic) bond motifs is 1. The summed E-state index contributed by atoms with van der Waals surface area (Å²) < 4.78 is 17.6. The average Bonchev–Trinajstić information content (AvgIpc) is 2.82. The molecule has 0 bridgehead atoms. The van der Waals surface area contributed by atoms with E-state index in [4.69, 9.17) is 14.2 Å². The molecule has 0 aliphatic carbocycles. The summed E-state index contributed by atoms with van der Waals surface area (Å²) in [7, 11) is 0. The number of hydrogen-bond donors (Lipinski definition) is 0. The van der Waals surface area contributed by atoms with Crippen molar-refractivity contribution in [1.82, 2.24) is 9.80 Å². The fourth-order valence-corrected chi connectivity index (χ4v) is 4.75. The number of benzene rings is 2.